The summed E-state index contributed by atoms with van der Waals surface area (Å²) < 4.78 is 11.2. The highest BCUT2D eigenvalue weighted by molar-refractivity contribution is 5.57. The summed E-state index contributed by atoms with van der Waals surface area (Å²) in [5, 5.41) is 3.54. The molecule has 1 fully saturated rings. The van der Waals surface area contributed by atoms with Crippen LogP contribution in [0.1, 0.15) is 20.3 Å². The molecule has 1 saturated heterocycles. The zero-order chi connectivity index (χ0) is 13.9. The molecule has 1 aromatic rings. The Kier molecular flexibility index (Phi) is 4.01. The van der Waals surface area contributed by atoms with Crippen LogP contribution in [0.25, 0.3) is 0 Å². The maximum atomic E-state index is 5.67. The second-order valence-corrected chi connectivity index (χ2v) is 5.99. The number of ether oxygens (including phenoxy) is 2. The molecule has 0 amide bonds. The van der Waals surface area contributed by atoms with E-state index in [9.17, 15) is 0 Å². The van der Waals surface area contributed by atoms with Gasteiger partial charge >= 0.3 is 0 Å². The maximum Gasteiger partial charge on any atom is 0.163 e. The summed E-state index contributed by atoms with van der Waals surface area (Å²) in [6, 6.07) is 6.86. The van der Waals surface area contributed by atoms with Crippen molar-refractivity contribution in [2.75, 3.05) is 37.7 Å². The summed E-state index contributed by atoms with van der Waals surface area (Å²) in [6.45, 7) is 9.07. The Hall–Kier alpha value is -1.42. The molecule has 0 spiro atoms. The van der Waals surface area contributed by atoms with Crippen molar-refractivity contribution in [1.82, 2.24) is 5.32 Å². The van der Waals surface area contributed by atoms with Gasteiger partial charge in [0.15, 0.2) is 11.5 Å². The highest BCUT2D eigenvalue weighted by Gasteiger charge is 2.24. The van der Waals surface area contributed by atoms with E-state index in [1.807, 2.05) is 6.07 Å². The molecule has 0 aromatic heterocycles. The summed E-state index contributed by atoms with van der Waals surface area (Å²) >= 11 is 0. The predicted octanol–water partition coefficient (Wildman–Crippen LogP) is 2.28. The Balaban J connectivity index is 1.62. The average molecular weight is 276 g/mol. The molecule has 1 aromatic carbocycles. The van der Waals surface area contributed by atoms with E-state index in [1.54, 1.807) is 0 Å². The van der Waals surface area contributed by atoms with Crippen LogP contribution in [-0.2, 0) is 0 Å². The van der Waals surface area contributed by atoms with Gasteiger partial charge in [0.2, 0.25) is 0 Å². The predicted molar refractivity (Wildman–Crippen MR) is 80.9 cm³/mol. The van der Waals surface area contributed by atoms with Gasteiger partial charge in [-0.25, -0.2) is 0 Å². The Morgan fingerprint density at radius 3 is 2.85 bits per heavy atom. The van der Waals surface area contributed by atoms with Crippen molar-refractivity contribution in [2.24, 2.45) is 5.92 Å². The van der Waals surface area contributed by atoms with Crippen LogP contribution in [0.15, 0.2) is 18.2 Å². The molecule has 0 bridgehead atoms. The Labute approximate surface area is 121 Å². The molecule has 0 aliphatic carbocycles. The van der Waals surface area contributed by atoms with E-state index < -0.39 is 0 Å². The van der Waals surface area contributed by atoms with Crippen LogP contribution in [-0.4, -0.2) is 38.9 Å². The molecular weight excluding hydrogens is 252 g/mol. The number of nitrogens with zero attached hydrogens (tertiary/aromatic N) is 1. The van der Waals surface area contributed by atoms with Crippen LogP contribution in [0.3, 0.4) is 0 Å². The third kappa shape index (κ3) is 3.01. The minimum atomic E-state index is 0.568. The second-order valence-electron chi connectivity index (χ2n) is 5.99. The molecule has 2 heterocycles. The van der Waals surface area contributed by atoms with Crippen LogP contribution in [0.2, 0.25) is 0 Å². The van der Waals surface area contributed by atoms with E-state index in [-0.39, 0.29) is 0 Å². The van der Waals surface area contributed by atoms with E-state index >= 15 is 0 Å². The van der Waals surface area contributed by atoms with Gasteiger partial charge in [-0.05, 0) is 31.0 Å². The first-order valence-corrected chi connectivity index (χ1v) is 7.60. The zero-order valence-corrected chi connectivity index (χ0v) is 12.4. The first-order chi connectivity index (χ1) is 9.72. The van der Waals surface area contributed by atoms with Crippen molar-refractivity contribution in [3.8, 4) is 11.5 Å². The number of anilines is 1. The first kappa shape index (κ1) is 13.6. The van der Waals surface area contributed by atoms with Crippen molar-refractivity contribution in [2.45, 2.75) is 26.3 Å². The average Bonchev–Trinajstić information content (AvgIpc) is 2.93. The molecular formula is C16H24N2O2. The van der Waals surface area contributed by atoms with E-state index in [1.165, 1.54) is 12.1 Å². The van der Waals surface area contributed by atoms with Crippen molar-refractivity contribution >= 4 is 5.69 Å². The Bertz CT molecular complexity index is 462. The van der Waals surface area contributed by atoms with Gasteiger partial charge in [0, 0.05) is 30.9 Å². The molecule has 3 rings (SSSR count). The standard InChI is InChI=1S/C16H24N2O2/c1-12(2)17-10-13-5-6-18(11-13)14-3-4-15-16(9-14)20-8-7-19-15/h3-4,9,12-13,17H,5-8,10-11H2,1-2H3. The van der Waals surface area contributed by atoms with E-state index in [0.717, 1.165) is 37.1 Å². The number of hydrogen-bond acceptors (Lipinski definition) is 4. The third-order valence-corrected chi connectivity index (χ3v) is 3.99. The monoisotopic (exact) mass is 276 g/mol. The van der Waals surface area contributed by atoms with Crippen LogP contribution in [0.5, 0.6) is 11.5 Å². The SMILES string of the molecule is CC(C)NCC1CCN(c2ccc3c(c2)OCCO3)C1. The molecule has 20 heavy (non-hydrogen) atoms. The summed E-state index contributed by atoms with van der Waals surface area (Å²) in [6.07, 6.45) is 1.26. The molecule has 4 heteroatoms. The highest BCUT2D eigenvalue weighted by Crippen LogP contribution is 2.35. The van der Waals surface area contributed by atoms with Gasteiger partial charge in [-0.1, -0.05) is 13.8 Å². The van der Waals surface area contributed by atoms with E-state index in [2.05, 4.69) is 36.2 Å². The van der Waals surface area contributed by atoms with Crippen molar-refractivity contribution in [3.05, 3.63) is 18.2 Å². The number of hydrogen-bond donors (Lipinski definition) is 1. The lowest BCUT2D eigenvalue weighted by molar-refractivity contribution is 0.171. The van der Waals surface area contributed by atoms with Gasteiger partial charge in [0.1, 0.15) is 13.2 Å². The molecule has 4 nitrogen and oxygen atoms in total. The van der Waals surface area contributed by atoms with Gasteiger partial charge in [-0.2, -0.15) is 0 Å². The lowest BCUT2D eigenvalue weighted by Gasteiger charge is -2.23. The lowest BCUT2D eigenvalue weighted by Crippen LogP contribution is -2.30. The quantitative estimate of drug-likeness (QED) is 0.915. The van der Waals surface area contributed by atoms with Gasteiger partial charge < -0.3 is 19.7 Å². The van der Waals surface area contributed by atoms with Crippen molar-refractivity contribution in [3.63, 3.8) is 0 Å². The summed E-state index contributed by atoms with van der Waals surface area (Å²) in [5.74, 6) is 2.50. The number of benzene rings is 1. The molecule has 1 unspecified atom stereocenters. The molecule has 110 valence electrons. The van der Waals surface area contributed by atoms with Crippen LogP contribution in [0.4, 0.5) is 5.69 Å². The van der Waals surface area contributed by atoms with Crippen LogP contribution < -0.4 is 19.7 Å². The van der Waals surface area contributed by atoms with E-state index in [0.29, 0.717) is 19.3 Å². The fraction of sp³-hybridized carbons (Fsp3) is 0.625. The number of nitrogens with one attached hydrogen (secondary N) is 1. The Morgan fingerprint density at radius 2 is 2.05 bits per heavy atom. The zero-order valence-electron chi connectivity index (χ0n) is 12.4. The second kappa shape index (κ2) is 5.92. The molecule has 1 N–H and O–H groups in total. The fourth-order valence-corrected chi connectivity index (χ4v) is 2.86. The maximum absolute atomic E-state index is 5.67. The molecule has 0 saturated carbocycles. The Morgan fingerprint density at radius 1 is 1.25 bits per heavy atom. The van der Waals surface area contributed by atoms with Gasteiger partial charge in [0.05, 0.1) is 0 Å². The van der Waals surface area contributed by atoms with Gasteiger partial charge in [-0.15, -0.1) is 0 Å². The summed E-state index contributed by atoms with van der Waals surface area (Å²) in [4.78, 5) is 2.45. The van der Waals surface area contributed by atoms with Gasteiger partial charge in [0.25, 0.3) is 0 Å². The first-order valence-electron chi connectivity index (χ1n) is 7.60. The molecule has 1 atom stereocenters. The number of fused-ring (bicyclic) bond motifs is 1. The van der Waals surface area contributed by atoms with Crippen molar-refractivity contribution in [1.29, 1.82) is 0 Å². The summed E-state index contributed by atoms with van der Waals surface area (Å²) in [5.41, 5.74) is 1.25. The molecule has 2 aliphatic heterocycles. The third-order valence-electron chi connectivity index (χ3n) is 3.99. The lowest BCUT2D eigenvalue weighted by atomic mass is 10.1. The van der Waals surface area contributed by atoms with Crippen LogP contribution >= 0.6 is 0 Å². The fourth-order valence-electron chi connectivity index (χ4n) is 2.86. The smallest absolute Gasteiger partial charge is 0.163 e. The van der Waals surface area contributed by atoms with Crippen molar-refractivity contribution < 1.29 is 9.47 Å². The minimum Gasteiger partial charge on any atom is -0.486 e. The topological polar surface area (TPSA) is 33.7 Å². The summed E-state index contributed by atoms with van der Waals surface area (Å²) in [7, 11) is 0. The van der Waals surface area contributed by atoms with Crippen LogP contribution in [0, 0.1) is 5.92 Å². The minimum absolute atomic E-state index is 0.568. The molecule has 2 aliphatic rings. The number of rotatable bonds is 4. The molecule has 0 radical (unpaired) electrons. The van der Waals surface area contributed by atoms with E-state index in [4.69, 9.17) is 9.47 Å². The largest absolute Gasteiger partial charge is 0.486 e. The van der Waals surface area contributed by atoms with Gasteiger partial charge in [-0.3, -0.25) is 0 Å². The normalized spacial score (nSPS) is 21.6. The highest BCUT2D eigenvalue weighted by atomic mass is 16.6.